The second kappa shape index (κ2) is 3.04. The molecule has 0 aliphatic heterocycles. The third kappa shape index (κ3) is 1.22. The minimum atomic E-state index is 0.446. The summed E-state index contributed by atoms with van der Waals surface area (Å²) < 4.78 is 1.02. The molecule has 2 heteroatoms. The minimum absolute atomic E-state index is 0.446. The van der Waals surface area contributed by atoms with Crippen LogP contribution in [-0.4, -0.2) is 5.11 Å². The minimum Gasteiger partial charge on any atom is -0.506 e. The third-order valence-corrected chi connectivity index (χ3v) is 3.43. The predicted molar refractivity (Wildman–Crippen MR) is 57.6 cm³/mol. The molecule has 0 radical (unpaired) electrons. The molecule has 0 saturated carbocycles. The number of rotatable bonds is 1. The molecule has 0 unspecified atom stereocenters. The SMILES string of the molecule is CCc1csc2c(O)c(C)ccc12. The molecule has 1 aromatic heterocycles. The van der Waals surface area contributed by atoms with Crippen molar-refractivity contribution < 1.29 is 5.11 Å². The van der Waals surface area contributed by atoms with Gasteiger partial charge in [0.15, 0.2) is 0 Å². The summed E-state index contributed by atoms with van der Waals surface area (Å²) in [6.45, 7) is 4.07. The van der Waals surface area contributed by atoms with Crippen LogP contribution in [0.4, 0.5) is 0 Å². The van der Waals surface area contributed by atoms with Crippen LogP contribution in [0.1, 0.15) is 18.1 Å². The molecule has 0 atom stereocenters. The summed E-state index contributed by atoms with van der Waals surface area (Å²) in [6.07, 6.45) is 1.03. The summed E-state index contributed by atoms with van der Waals surface area (Å²) in [6, 6.07) is 4.07. The Morgan fingerprint density at radius 3 is 2.85 bits per heavy atom. The van der Waals surface area contributed by atoms with Gasteiger partial charge in [-0.3, -0.25) is 0 Å². The molecule has 0 spiro atoms. The van der Waals surface area contributed by atoms with Crippen LogP contribution in [0.5, 0.6) is 5.75 Å². The zero-order valence-corrected chi connectivity index (χ0v) is 8.61. The van der Waals surface area contributed by atoms with E-state index in [2.05, 4.69) is 18.4 Å². The van der Waals surface area contributed by atoms with E-state index in [1.807, 2.05) is 13.0 Å². The Hall–Kier alpha value is -1.02. The Morgan fingerprint density at radius 2 is 2.15 bits per heavy atom. The van der Waals surface area contributed by atoms with E-state index in [9.17, 15) is 5.11 Å². The summed E-state index contributed by atoms with van der Waals surface area (Å²) in [5.41, 5.74) is 2.28. The van der Waals surface area contributed by atoms with Crippen LogP contribution in [0.2, 0.25) is 0 Å². The molecule has 1 aromatic carbocycles. The van der Waals surface area contributed by atoms with E-state index in [4.69, 9.17) is 0 Å². The maximum absolute atomic E-state index is 9.78. The average Bonchev–Trinajstić information content (AvgIpc) is 2.55. The van der Waals surface area contributed by atoms with Crippen molar-refractivity contribution in [2.75, 3.05) is 0 Å². The number of thiophene rings is 1. The Kier molecular flexibility index (Phi) is 2.00. The van der Waals surface area contributed by atoms with Crippen LogP contribution < -0.4 is 0 Å². The van der Waals surface area contributed by atoms with Gasteiger partial charge in [-0.05, 0) is 35.2 Å². The van der Waals surface area contributed by atoms with Gasteiger partial charge in [0, 0.05) is 0 Å². The van der Waals surface area contributed by atoms with Gasteiger partial charge in [-0.15, -0.1) is 11.3 Å². The first-order chi connectivity index (χ1) is 6.24. The highest BCUT2D eigenvalue weighted by Crippen LogP contribution is 2.35. The van der Waals surface area contributed by atoms with E-state index in [1.54, 1.807) is 11.3 Å². The molecular formula is C11H12OS. The van der Waals surface area contributed by atoms with Crippen LogP contribution >= 0.6 is 11.3 Å². The monoisotopic (exact) mass is 192 g/mol. The lowest BCUT2D eigenvalue weighted by Crippen LogP contribution is -1.77. The lowest BCUT2D eigenvalue weighted by atomic mass is 10.1. The van der Waals surface area contributed by atoms with E-state index in [1.165, 1.54) is 10.9 Å². The molecule has 1 heterocycles. The Bertz CT molecular complexity index is 443. The van der Waals surface area contributed by atoms with Gasteiger partial charge in [-0.2, -0.15) is 0 Å². The van der Waals surface area contributed by atoms with E-state index in [-0.39, 0.29) is 0 Å². The quantitative estimate of drug-likeness (QED) is 0.733. The largest absolute Gasteiger partial charge is 0.506 e. The molecule has 13 heavy (non-hydrogen) atoms. The maximum atomic E-state index is 9.78. The normalized spacial score (nSPS) is 10.9. The van der Waals surface area contributed by atoms with Gasteiger partial charge in [0.2, 0.25) is 0 Å². The second-order valence-corrected chi connectivity index (χ2v) is 4.10. The molecular weight excluding hydrogens is 180 g/mol. The predicted octanol–water partition coefficient (Wildman–Crippen LogP) is 3.48. The molecule has 0 bridgehead atoms. The highest BCUT2D eigenvalue weighted by molar-refractivity contribution is 7.17. The van der Waals surface area contributed by atoms with Gasteiger partial charge in [0.1, 0.15) is 5.75 Å². The average molecular weight is 192 g/mol. The number of aromatic hydroxyl groups is 1. The lowest BCUT2D eigenvalue weighted by Gasteiger charge is -2.00. The number of hydrogen-bond acceptors (Lipinski definition) is 2. The zero-order valence-electron chi connectivity index (χ0n) is 7.79. The molecule has 1 nitrogen and oxygen atoms in total. The van der Waals surface area contributed by atoms with E-state index < -0.39 is 0 Å². The summed E-state index contributed by atoms with van der Waals surface area (Å²) in [4.78, 5) is 0. The van der Waals surface area contributed by atoms with Gasteiger partial charge < -0.3 is 5.11 Å². The highest BCUT2D eigenvalue weighted by atomic mass is 32.1. The van der Waals surface area contributed by atoms with Crippen molar-refractivity contribution in [2.45, 2.75) is 20.3 Å². The van der Waals surface area contributed by atoms with E-state index in [0.29, 0.717) is 5.75 Å². The smallest absolute Gasteiger partial charge is 0.136 e. The fourth-order valence-electron chi connectivity index (χ4n) is 1.51. The first kappa shape index (κ1) is 8.57. The van der Waals surface area contributed by atoms with Gasteiger partial charge in [-0.1, -0.05) is 19.1 Å². The number of fused-ring (bicyclic) bond motifs is 1. The fourth-order valence-corrected chi connectivity index (χ4v) is 2.66. The summed E-state index contributed by atoms with van der Waals surface area (Å²) in [5.74, 6) is 0.446. The van der Waals surface area contributed by atoms with Crippen molar-refractivity contribution in [3.8, 4) is 5.75 Å². The van der Waals surface area contributed by atoms with Gasteiger partial charge in [-0.25, -0.2) is 0 Å². The van der Waals surface area contributed by atoms with Crippen LogP contribution in [0.3, 0.4) is 0 Å². The Labute approximate surface area is 81.6 Å². The molecule has 0 aliphatic carbocycles. The first-order valence-corrected chi connectivity index (χ1v) is 5.30. The van der Waals surface area contributed by atoms with Crippen molar-refractivity contribution in [1.82, 2.24) is 0 Å². The van der Waals surface area contributed by atoms with Gasteiger partial charge in [0.25, 0.3) is 0 Å². The lowest BCUT2D eigenvalue weighted by molar-refractivity contribution is 0.478. The molecule has 0 saturated heterocycles. The molecule has 1 N–H and O–H groups in total. The van der Waals surface area contributed by atoms with Gasteiger partial charge in [0.05, 0.1) is 4.70 Å². The summed E-state index contributed by atoms with van der Waals surface area (Å²) >= 11 is 1.63. The Balaban J connectivity index is 2.81. The molecule has 0 aliphatic rings. The molecule has 0 amide bonds. The van der Waals surface area contributed by atoms with E-state index in [0.717, 1.165) is 16.7 Å². The van der Waals surface area contributed by atoms with E-state index >= 15 is 0 Å². The highest BCUT2D eigenvalue weighted by Gasteiger charge is 2.07. The topological polar surface area (TPSA) is 20.2 Å². The number of phenols is 1. The number of hydrogen-bond donors (Lipinski definition) is 1. The first-order valence-electron chi connectivity index (χ1n) is 4.42. The van der Waals surface area contributed by atoms with Crippen LogP contribution in [0, 0.1) is 6.92 Å². The summed E-state index contributed by atoms with van der Waals surface area (Å²) in [5, 5.41) is 13.1. The van der Waals surface area contributed by atoms with Crippen LogP contribution in [0.25, 0.3) is 10.1 Å². The molecule has 2 rings (SSSR count). The van der Waals surface area contributed by atoms with Crippen molar-refractivity contribution >= 4 is 21.4 Å². The second-order valence-electron chi connectivity index (χ2n) is 3.22. The fraction of sp³-hybridized carbons (Fsp3) is 0.273. The van der Waals surface area contributed by atoms with Crippen molar-refractivity contribution in [3.63, 3.8) is 0 Å². The zero-order chi connectivity index (χ0) is 9.42. The van der Waals surface area contributed by atoms with Crippen molar-refractivity contribution in [1.29, 1.82) is 0 Å². The third-order valence-electron chi connectivity index (χ3n) is 2.38. The maximum Gasteiger partial charge on any atom is 0.136 e. The Morgan fingerprint density at radius 1 is 1.38 bits per heavy atom. The molecule has 0 fully saturated rings. The molecule has 68 valence electrons. The number of aryl methyl sites for hydroxylation is 2. The van der Waals surface area contributed by atoms with Crippen LogP contribution in [-0.2, 0) is 6.42 Å². The van der Waals surface area contributed by atoms with Crippen molar-refractivity contribution in [2.24, 2.45) is 0 Å². The molecule has 2 aromatic rings. The number of benzene rings is 1. The van der Waals surface area contributed by atoms with Crippen molar-refractivity contribution in [3.05, 3.63) is 28.6 Å². The number of phenolic OH excluding ortho intramolecular Hbond substituents is 1. The standard InChI is InChI=1S/C11H12OS/c1-3-8-6-13-11-9(8)5-4-7(2)10(11)12/h4-6,12H,3H2,1-2H3. The van der Waals surface area contributed by atoms with Gasteiger partial charge >= 0.3 is 0 Å². The summed E-state index contributed by atoms with van der Waals surface area (Å²) in [7, 11) is 0. The van der Waals surface area contributed by atoms with Crippen LogP contribution in [0.15, 0.2) is 17.5 Å².